The highest BCUT2D eigenvalue weighted by Crippen LogP contribution is 2.39. The molecular weight excluding hydrogens is 248 g/mol. The second-order valence-corrected chi connectivity index (χ2v) is 8.48. The molecule has 3 heteroatoms. The van der Waals surface area contributed by atoms with Crippen LogP contribution in [0.25, 0.3) is 0 Å². The summed E-state index contributed by atoms with van der Waals surface area (Å²) < 4.78 is 0. The lowest BCUT2D eigenvalue weighted by atomic mass is 9.80. The quantitative estimate of drug-likeness (QED) is 0.832. The van der Waals surface area contributed by atoms with Crippen LogP contribution in [0.3, 0.4) is 0 Å². The van der Waals surface area contributed by atoms with E-state index >= 15 is 0 Å². The normalized spacial score (nSPS) is 36.1. The first-order chi connectivity index (χ1) is 9.26. The molecule has 3 unspecified atom stereocenters. The van der Waals surface area contributed by atoms with Gasteiger partial charge in [-0.1, -0.05) is 34.6 Å². The van der Waals surface area contributed by atoms with Crippen molar-refractivity contribution < 1.29 is 5.11 Å². The summed E-state index contributed by atoms with van der Waals surface area (Å²) in [5.74, 6) is 0.824. The van der Waals surface area contributed by atoms with Crippen LogP contribution in [0.1, 0.15) is 60.3 Å². The van der Waals surface area contributed by atoms with Gasteiger partial charge in [-0.2, -0.15) is 0 Å². The highest BCUT2D eigenvalue weighted by molar-refractivity contribution is 5.01. The number of aliphatic hydroxyl groups excluding tert-OH is 1. The Kier molecular flexibility index (Phi) is 4.83. The van der Waals surface area contributed by atoms with Crippen LogP contribution in [0, 0.1) is 11.3 Å². The third kappa shape index (κ3) is 3.55. The van der Waals surface area contributed by atoms with Crippen LogP contribution >= 0.6 is 0 Å². The van der Waals surface area contributed by atoms with Crippen LogP contribution in [0.2, 0.25) is 0 Å². The molecular formula is C17H34N2O. The van der Waals surface area contributed by atoms with Gasteiger partial charge in [-0.15, -0.1) is 0 Å². The summed E-state index contributed by atoms with van der Waals surface area (Å²) in [5, 5.41) is 13.4. The second-order valence-electron chi connectivity index (χ2n) is 8.48. The summed E-state index contributed by atoms with van der Waals surface area (Å²) >= 11 is 0. The standard InChI is InChI=1S/C17H34N2O/c1-13(2)18-17(12-20)8-6-15(10-17)19-9-7-14(11-19)16(3,4)5/h13-15,18,20H,6-12H2,1-5H3. The van der Waals surface area contributed by atoms with E-state index in [1.54, 1.807) is 0 Å². The molecule has 0 spiro atoms. The van der Waals surface area contributed by atoms with Crippen LogP contribution in [0.15, 0.2) is 0 Å². The third-order valence-electron chi connectivity index (χ3n) is 5.44. The zero-order valence-corrected chi connectivity index (χ0v) is 14.1. The third-order valence-corrected chi connectivity index (χ3v) is 5.44. The van der Waals surface area contributed by atoms with Gasteiger partial charge in [-0.05, 0) is 43.6 Å². The van der Waals surface area contributed by atoms with Crippen molar-refractivity contribution >= 4 is 0 Å². The molecule has 1 aliphatic heterocycles. The van der Waals surface area contributed by atoms with Crippen LogP contribution in [0.5, 0.6) is 0 Å². The minimum Gasteiger partial charge on any atom is -0.394 e. The van der Waals surface area contributed by atoms with Crippen LogP contribution in [0.4, 0.5) is 0 Å². The number of hydrogen-bond acceptors (Lipinski definition) is 3. The van der Waals surface area contributed by atoms with Crippen molar-refractivity contribution in [3.63, 3.8) is 0 Å². The van der Waals surface area contributed by atoms with Gasteiger partial charge in [-0.25, -0.2) is 0 Å². The van der Waals surface area contributed by atoms with E-state index in [1.807, 2.05) is 0 Å². The lowest BCUT2D eigenvalue weighted by Gasteiger charge is -2.33. The Morgan fingerprint density at radius 2 is 2.00 bits per heavy atom. The van der Waals surface area contributed by atoms with E-state index in [0.29, 0.717) is 17.5 Å². The zero-order valence-electron chi connectivity index (χ0n) is 14.1. The van der Waals surface area contributed by atoms with Crippen molar-refractivity contribution in [1.82, 2.24) is 10.2 Å². The molecule has 2 aliphatic rings. The summed E-state index contributed by atoms with van der Waals surface area (Å²) in [6.45, 7) is 14.2. The molecule has 1 saturated heterocycles. The monoisotopic (exact) mass is 282 g/mol. The molecule has 1 aliphatic carbocycles. The lowest BCUT2D eigenvalue weighted by molar-refractivity contribution is 0.138. The van der Waals surface area contributed by atoms with Gasteiger partial charge in [0.05, 0.1) is 6.61 Å². The molecule has 3 nitrogen and oxygen atoms in total. The Balaban J connectivity index is 1.93. The zero-order chi connectivity index (χ0) is 15.0. The lowest BCUT2D eigenvalue weighted by Crippen LogP contribution is -2.50. The van der Waals surface area contributed by atoms with E-state index in [4.69, 9.17) is 0 Å². The van der Waals surface area contributed by atoms with E-state index in [2.05, 4.69) is 44.8 Å². The predicted octanol–water partition coefficient (Wildman–Crippen LogP) is 2.64. The van der Waals surface area contributed by atoms with E-state index < -0.39 is 0 Å². The fraction of sp³-hybridized carbons (Fsp3) is 1.00. The minimum absolute atomic E-state index is 0.0291. The van der Waals surface area contributed by atoms with Crippen molar-refractivity contribution in [3.05, 3.63) is 0 Å². The number of aliphatic hydroxyl groups is 1. The Morgan fingerprint density at radius 1 is 1.30 bits per heavy atom. The molecule has 0 amide bonds. The van der Waals surface area contributed by atoms with Gasteiger partial charge in [0.2, 0.25) is 0 Å². The van der Waals surface area contributed by atoms with Gasteiger partial charge < -0.3 is 15.3 Å². The average molecular weight is 282 g/mol. The van der Waals surface area contributed by atoms with Gasteiger partial charge in [0.15, 0.2) is 0 Å². The molecule has 3 atom stereocenters. The number of nitrogens with one attached hydrogen (secondary N) is 1. The molecule has 0 bridgehead atoms. The molecule has 2 N–H and O–H groups in total. The van der Waals surface area contributed by atoms with Crippen LogP contribution in [-0.2, 0) is 0 Å². The van der Waals surface area contributed by atoms with Gasteiger partial charge >= 0.3 is 0 Å². The smallest absolute Gasteiger partial charge is 0.0614 e. The summed E-state index contributed by atoms with van der Waals surface area (Å²) in [6, 6.07) is 1.11. The molecule has 0 radical (unpaired) electrons. The van der Waals surface area contributed by atoms with Gasteiger partial charge in [-0.3, -0.25) is 0 Å². The van der Waals surface area contributed by atoms with Crippen molar-refractivity contribution in [1.29, 1.82) is 0 Å². The average Bonchev–Trinajstić information content (AvgIpc) is 2.93. The van der Waals surface area contributed by atoms with Crippen molar-refractivity contribution in [2.75, 3.05) is 19.7 Å². The number of nitrogens with zero attached hydrogens (tertiary/aromatic N) is 1. The predicted molar refractivity (Wildman–Crippen MR) is 84.9 cm³/mol. The molecule has 2 rings (SSSR count). The molecule has 0 aromatic heterocycles. The second kappa shape index (κ2) is 5.94. The molecule has 20 heavy (non-hydrogen) atoms. The Bertz CT molecular complexity index is 323. The van der Waals surface area contributed by atoms with Crippen LogP contribution in [-0.4, -0.2) is 47.3 Å². The minimum atomic E-state index is -0.0291. The Morgan fingerprint density at radius 3 is 2.50 bits per heavy atom. The summed E-state index contributed by atoms with van der Waals surface area (Å²) in [6.07, 6.45) is 4.79. The van der Waals surface area contributed by atoms with Crippen LogP contribution < -0.4 is 5.32 Å². The fourth-order valence-electron chi connectivity index (χ4n) is 4.17. The summed E-state index contributed by atoms with van der Waals surface area (Å²) in [4.78, 5) is 2.69. The first-order valence-corrected chi connectivity index (χ1v) is 8.38. The highest BCUT2D eigenvalue weighted by Gasteiger charge is 2.43. The maximum absolute atomic E-state index is 9.83. The topological polar surface area (TPSA) is 35.5 Å². The molecule has 2 fully saturated rings. The first kappa shape index (κ1) is 16.3. The molecule has 118 valence electrons. The van der Waals surface area contributed by atoms with Crippen molar-refractivity contribution in [2.24, 2.45) is 11.3 Å². The molecule has 0 aromatic carbocycles. The Hall–Kier alpha value is -0.120. The SMILES string of the molecule is CC(C)NC1(CO)CCC(N2CCC(C(C)(C)C)C2)C1. The maximum Gasteiger partial charge on any atom is 0.0614 e. The molecule has 0 aromatic rings. The largest absolute Gasteiger partial charge is 0.394 e. The first-order valence-electron chi connectivity index (χ1n) is 8.38. The fourth-order valence-corrected chi connectivity index (χ4v) is 4.17. The van der Waals surface area contributed by atoms with Gasteiger partial charge in [0.25, 0.3) is 0 Å². The van der Waals surface area contributed by atoms with E-state index in [0.717, 1.165) is 18.8 Å². The van der Waals surface area contributed by atoms with Crippen molar-refractivity contribution in [2.45, 2.75) is 77.9 Å². The van der Waals surface area contributed by atoms with E-state index in [1.165, 1.54) is 25.9 Å². The highest BCUT2D eigenvalue weighted by atomic mass is 16.3. The molecule has 1 heterocycles. The summed E-state index contributed by atoms with van der Waals surface area (Å²) in [5.41, 5.74) is 0.399. The number of likely N-dealkylation sites (tertiary alicyclic amines) is 1. The van der Waals surface area contributed by atoms with Crippen molar-refractivity contribution in [3.8, 4) is 0 Å². The van der Waals surface area contributed by atoms with Gasteiger partial charge in [0, 0.05) is 24.2 Å². The summed E-state index contributed by atoms with van der Waals surface area (Å²) in [7, 11) is 0. The van der Waals surface area contributed by atoms with Gasteiger partial charge in [0.1, 0.15) is 0 Å². The number of rotatable bonds is 4. The van der Waals surface area contributed by atoms with E-state index in [9.17, 15) is 5.11 Å². The van der Waals surface area contributed by atoms with E-state index in [-0.39, 0.29) is 12.1 Å². The maximum atomic E-state index is 9.83. The number of hydrogen-bond donors (Lipinski definition) is 2. The Labute approximate surface area is 125 Å². The molecule has 1 saturated carbocycles.